The van der Waals surface area contributed by atoms with Gasteiger partial charge in [0, 0.05) is 15.1 Å². The van der Waals surface area contributed by atoms with Gasteiger partial charge in [-0.05, 0) is 28.1 Å². The molecule has 0 aliphatic rings. The maximum absolute atomic E-state index is 11.3. The quantitative estimate of drug-likeness (QED) is 0.442. The van der Waals surface area contributed by atoms with Crippen molar-refractivity contribution < 1.29 is 4.79 Å². The van der Waals surface area contributed by atoms with Crippen LogP contribution >= 0.6 is 55.1 Å². The molecule has 0 saturated carbocycles. The summed E-state index contributed by atoms with van der Waals surface area (Å²) in [5, 5.41) is 1.12. The van der Waals surface area contributed by atoms with Gasteiger partial charge in [0.05, 0.1) is 10.4 Å². The summed E-state index contributed by atoms with van der Waals surface area (Å²) >= 11 is 17.9. The van der Waals surface area contributed by atoms with E-state index in [1.165, 1.54) is 0 Å². The number of Topliss-reactive ketones (excluding diaryl/α,β-unsaturated/α-hetero) is 1. The lowest BCUT2D eigenvalue weighted by Gasteiger charge is -2.03. The molecule has 0 aliphatic heterocycles. The molecule has 1 nitrogen and oxygen atoms in total. The van der Waals surface area contributed by atoms with E-state index < -0.39 is 0 Å². The van der Waals surface area contributed by atoms with Gasteiger partial charge in [0.15, 0.2) is 5.78 Å². The predicted octanol–water partition coefficient (Wildman–Crippen LogP) is 4.33. The van der Waals surface area contributed by atoms with Crippen LogP contribution in [0.2, 0.25) is 10.0 Å². The van der Waals surface area contributed by atoms with Crippen molar-refractivity contribution in [2.75, 3.05) is 5.33 Å². The highest BCUT2D eigenvalue weighted by atomic mass is 79.9. The van der Waals surface area contributed by atoms with Gasteiger partial charge < -0.3 is 0 Å². The molecule has 0 fully saturated rings. The Balaban J connectivity index is 3.28. The van der Waals surface area contributed by atoms with Gasteiger partial charge >= 0.3 is 0 Å². The largest absolute Gasteiger partial charge is 0.293 e. The molecule has 0 radical (unpaired) electrons. The fourth-order valence-corrected chi connectivity index (χ4v) is 2.16. The smallest absolute Gasteiger partial charge is 0.174 e. The van der Waals surface area contributed by atoms with Crippen molar-refractivity contribution >= 4 is 60.8 Å². The first-order valence-corrected chi connectivity index (χ1v) is 5.97. The Morgan fingerprint density at radius 3 is 2.54 bits per heavy atom. The third-order valence-electron chi connectivity index (χ3n) is 1.41. The second kappa shape index (κ2) is 4.78. The van der Waals surface area contributed by atoms with E-state index in [1.54, 1.807) is 12.1 Å². The Morgan fingerprint density at radius 1 is 1.38 bits per heavy atom. The Hall–Kier alpha value is 0.430. The van der Waals surface area contributed by atoms with Crippen molar-refractivity contribution in [1.29, 1.82) is 0 Å². The second-order valence-electron chi connectivity index (χ2n) is 2.31. The third kappa shape index (κ3) is 2.69. The van der Waals surface area contributed by atoms with Crippen LogP contribution in [-0.4, -0.2) is 11.1 Å². The standard InChI is InChI=1S/C8H4Br2Cl2O/c9-3-7(13)5-1-4(11)2-6(10)8(5)12/h1-2H,3H2. The van der Waals surface area contributed by atoms with Crippen molar-refractivity contribution in [3.05, 3.63) is 32.2 Å². The minimum absolute atomic E-state index is 0.0896. The summed E-state index contributed by atoms with van der Waals surface area (Å²) in [4.78, 5) is 11.3. The Labute approximate surface area is 103 Å². The normalized spacial score (nSPS) is 10.2. The van der Waals surface area contributed by atoms with Crippen molar-refractivity contribution in [3.63, 3.8) is 0 Å². The van der Waals surface area contributed by atoms with Crippen LogP contribution in [-0.2, 0) is 0 Å². The monoisotopic (exact) mass is 344 g/mol. The maximum atomic E-state index is 11.3. The van der Waals surface area contributed by atoms with Crippen molar-refractivity contribution in [1.82, 2.24) is 0 Å². The topological polar surface area (TPSA) is 17.1 Å². The van der Waals surface area contributed by atoms with Crippen LogP contribution in [0.25, 0.3) is 0 Å². The number of halogens is 4. The van der Waals surface area contributed by atoms with E-state index in [4.69, 9.17) is 23.2 Å². The van der Waals surface area contributed by atoms with Gasteiger partial charge in [0.1, 0.15) is 0 Å². The molecule has 1 aromatic rings. The zero-order valence-electron chi connectivity index (χ0n) is 6.28. The average molecular weight is 347 g/mol. The van der Waals surface area contributed by atoms with Crippen LogP contribution in [0.4, 0.5) is 0 Å². The minimum Gasteiger partial charge on any atom is -0.293 e. The van der Waals surface area contributed by atoms with Crippen LogP contribution in [0.1, 0.15) is 10.4 Å². The molecule has 0 amide bonds. The molecule has 0 heterocycles. The van der Waals surface area contributed by atoms with E-state index in [1.807, 2.05) is 0 Å². The summed E-state index contributed by atoms with van der Waals surface area (Å²) in [6, 6.07) is 3.20. The first kappa shape index (κ1) is 11.5. The number of carbonyl (C=O) groups excluding carboxylic acids is 1. The molecule has 70 valence electrons. The van der Waals surface area contributed by atoms with Gasteiger partial charge in [-0.1, -0.05) is 39.1 Å². The van der Waals surface area contributed by atoms with Crippen LogP contribution in [0, 0.1) is 0 Å². The lowest BCUT2D eigenvalue weighted by molar-refractivity contribution is 0.102. The first-order valence-electron chi connectivity index (χ1n) is 3.30. The van der Waals surface area contributed by atoms with Gasteiger partial charge in [0.2, 0.25) is 0 Å². The molecule has 0 N–H and O–H groups in total. The molecule has 0 unspecified atom stereocenters. The summed E-state index contributed by atoms with van der Waals surface area (Å²) in [5.74, 6) is -0.0896. The predicted molar refractivity (Wildman–Crippen MR) is 62.3 cm³/mol. The number of benzene rings is 1. The molecular formula is C8H4Br2Cl2O. The van der Waals surface area contributed by atoms with Gasteiger partial charge in [0.25, 0.3) is 0 Å². The number of rotatable bonds is 2. The zero-order valence-corrected chi connectivity index (χ0v) is 11.0. The summed E-state index contributed by atoms with van der Waals surface area (Å²) in [6.07, 6.45) is 0. The van der Waals surface area contributed by atoms with Gasteiger partial charge in [-0.3, -0.25) is 4.79 Å². The van der Waals surface area contributed by atoms with E-state index >= 15 is 0 Å². The molecule has 1 aromatic carbocycles. The maximum Gasteiger partial charge on any atom is 0.174 e. The number of hydrogen-bond acceptors (Lipinski definition) is 1. The molecule has 0 aromatic heterocycles. The number of alkyl halides is 1. The number of hydrogen-bond donors (Lipinski definition) is 0. The zero-order chi connectivity index (χ0) is 10.0. The van der Waals surface area contributed by atoms with Crippen molar-refractivity contribution in [2.45, 2.75) is 0 Å². The third-order valence-corrected chi connectivity index (χ3v) is 3.40. The Bertz CT molecular complexity index is 352. The van der Waals surface area contributed by atoms with Crippen LogP contribution in [0.15, 0.2) is 16.6 Å². The van der Waals surface area contributed by atoms with E-state index in [0.29, 0.717) is 20.1 Å². The van der Waals surface area contributed by atoms with Gasteiger partial charge in [-0.25, -0.2) is 0 Å². The van der Waals surface area contributed by atoms with Gasteiger partial charge in [-0.2, -0.15) is 0 Å². The van der Waals surface area contributed by atoms with E-state index in [0.717, 1.165) is 0 Å². The first-order chi connectivity index (χ1) is 6.06. The average Bonchev–Trinajstić information content (AvgIpc) is 2.10. The van der Waals surface area contributed by atoms with Crippen molar-refractivity contribution in [2.24, 2.45) is 0 Å². The highest BCUT2D eigenvalue weighted by Crippen LogP contribution is 2.30. The molecule has 0 atom stereocenters. The van der Waals surface area contributed by atoms with Crippen molar-refractivity contribution in [3.8, 4) is 0 Å². The summed E-state index contributed by atoms with van der Waals surface area (Å²) in [7, 11) is 0. The van der Waals surface area contributed by atoms with Crippen LogP contribution in [0.3, 0.4) is 0 Å². The van der Waals surface area contributed by atoms with Crippen LogP contribution < -0.4 is 0 Å². The second-order valence-corrected chi connectivity index (χ2v) is 4.54. The fourth-order valence-electron chi connectivity index (χ4n) is 0.831. The van der Waals surface area contributed by atoms with E-state index in [9.17, 15) is 4.79 Å². The van der Waals surface area contributed by atoms with E-state index in [2.05, 4.69) is 31.9 Å². The Morgan fingerprint density at radius 2 is 2.00 bits per heavy atom. The molecule has 1 rings (SSSR count). The summed E-state index contributed by atoms with van der Waals surface area (Å²) in [6.45, 7) is 0. The highest BCUT2D eigenvalue weighted by Gasteiger charge is 2.12. The number of carbonyl (C=O) groups is 1. The summed E-state index contributed by atoms with van der Waals surface area (Å²) in [5.41, 5.74) is 0.429. The minimum atomic E-state index is -0.0896. The highest BCUT2D eigenvalue weighted by molar-refractivity contribution is 9.10. The molecule has 0 bridgehead atoms. The summed E-state index contributed by atoms with van der Waals surface area (Å²) < 4.78 is 0.631. The molecule has 13 heavy (non-hydrogen) atoms. The Kier molecular flexibility index (Phi) is 4.23. The van der Waals surface area contributed by atoms with E-state index in [-0.39, 0.29) is 11.1 Å². The molecule has 0 saturated heterocycles. The lowest BCUT2D eigenvalue weighted by Crippen LogP contribution is -2.01. The SMILES string of the molecule is O=C(CBr)c1cc(Cl)cc(Br)c1Cl. The number of ketones is 1. The fraction of sp³-hybridized carbons (Fsp3) is 0.125. The lowest BCUT2D eigenvalue weighted by atomic mass is 10.1. The molecular weight excluding hydrogens is 343 g/mol. The van der Waals surface area contributed by atoms with Crippen LogP contribution in [0.5, 0.6) is 0 Å². The van der Waals surface area contributed by atoms with Gasteiger partial charge in [-0.15, -0.1) is 0 Å². The molecule has 5 heteroatoms. The molecule has 0 spiro atoms. The molecule has 0 aliphatic carbocycles.